The van der Waals surface area contributed by atoms with Gasteiger partial charge in [-0.05, 0) is 62.9 Å². The van der Waals surface area contributed by atoms with Crippen molar-refractivity contribution >= 4 is 5.97 Å². The van der Waals surface area contributed by atoms with E-state index in [2.05, 4.69) is 4.90 Å². The van der Waals surface area contributed by atoms with Crippen LogP contribution < -0.4 is 4.74 Å². The number of carboxylic acids is 1. The molecule has 1 aromatic carbocycles. The Hall–Kier alpha value is -1.55. The van der Waals surface area contributed by atoms with Crippen molar-refractivity contribution in [2.75, 3.05) is 26.2 Å². The van der Waals surface area contributed by atoms with Crippen molar-refractivity contribution < 1.29 is 14.6 Å². The van der Waals surface area contributed by atoms with Gasteiger partial charge in [0.2, 0.25) is 0 Å². The predicted molar refractivity (Wildman–Crippen MR) is 94.6 cm³/mol. The number of hydrogen-bond acceptors (Lipinski definition) is 3. The van der Waals surface area contributed by atoms with Crippen LogP contribution in [0.15, 0.2) is 24.3 Å². The summed E-state index contributed by atoms with van der Waals surface area (Å²) in [5, 5.41) is 9.75. The first-order valence-electron chi connectivity index (χ1n) is 9.40. The van der Waals surface area contributed by atoms with Gasteiger partial charge in [0, 0.05) is 6.54 Å². The smallest absolute Gasteiger partial charge is 0.314 e. The van der Waals surface area contributed by atoms with Gasteiger partial charge in [-0.15, -0.1) is 0 Å². The summed E-state index contributed by atoms with van der Waals surface area (Å²) in [7, 11) is 0. The third-order valence-electron chi connectivity index (χ3n) is 5.61. The fourth-order valence-electron chi connectivity index (χ4n) is 4.14. The first-order valence-corrected chi connectivity index (χ1v) is 9.40. The lowest BCUT2D eigenvalue weighted by Crippen LogP contribution is -2.37. The maximum atomic E-state index is 11.9. The zero-order valence-corrected chi connectivity index (χ0v) is 14.5. The highest BCUT2D eigenvalue weighted by Crippen LogP contribution is 2.40. The van der Waals surface area contributed by atoms with Gasteiger partial charge in [-0.1, -0.05) is 31.4 Å². The summed E-state index contributed by atoms with van der Waals surface area (Å²) >= 11 is 0. The molecule has 0 bridgehead atoms. The molecule has 2 fully saturated rings. The van der Waals surface area contributed by atoms with Gasteiger partial charge in [0.25, 0.3) is 0 Å². The Balaban J connectivity index is 1.53. The van der Waals surface area contributed by atoms with E-state index in [0.717, 1.165) is 63.0 Å². The summed E-state index contributed by atoms with van der Waals surface area (Å²) < 4.78 is 5.83. The van der Waals surface area contributed by atoms with E-state index in [-0.39, 0.29) is 0 Å². The summed E-state index contributed by atoms with van der Waals surface area (Å²) in [6, 6.07) is 7.78. The van der Waals surface area contributed by atoms with E-state index in [1.54, 1.807) is 0 Å². The Morgan fingerprint density at radius 3 is 2.33 bits per heavy atom. The number of nitrogens with zero attached hydrogens (tertiary/aromatic N) is 1. The van der Waals surface area contributed by atoms with Crippen molar-refractivity contribution in [2.45, 2.75) is 56.8 Å². The second kappa shape index (κ2) is 8.02. The largest absolute Gasteiger partial charge is 0.494 e. The van der Waals surface area contributed by atoms with Crippen LogP contribution in [0.4, 0.5) is 0 Å². The fraction of sp³-hybridized carbons (Fsp3) is 0.650. The van der Waals surface area contributed by atoms with Crippen molar-refractivity contribution in [3.8, 4) is 5.75 Å². The standard InChI is InChI=1S/C20H29NO3/c22-19(23)20(11-2-1-3-12-20)17-7-9-18(10-8-17)24-16-6-15-21-13-4-5-14-21/h7-10H,1-6,11-16H2,(H,22,23). The first-order chi connectivity index (χ1) is 11.7. The first kappa shape index (κ1) is 17.3. The Bertz CT molecular complexity index is 528. The average molecular weight is 331 g/mol. The van der Waals surface area contributed by atoms with Crippen LogP contribution in [0.25, 0.3) is 0 Å². The van der Waals surface area contributed by atoms with Gasteiger partial charge < -0.3 is 14.7 Å². The van der Waals surface area contributed by atoms with E-state index >= 15 is 0 Å². The van der Waals surface area contributed by atoms with Crippen molar-refractivity contribution in [3.63, 3.8) is 0 Å². The summed E-state index contributed by atoms with van der Waals surface area (Å²) in [4.78, 5) is 14.4. The van der Waals surface area contributed by atoms with Crippen molar-refractivity contribution in [2.24, 2.45) is 0 Å². The van der Waals surface area contributed by atoms with Crippen LogP contribution in [0.5, 0.6) is 5.75 Å². The highest BCUT2D eigenvalue weighted by molar-refractivity contribution is 5.81. The number of likely N-dealkylation sites (tertiary alicyclic amines) is 1. The van der Waals surface area contributed by atoms with E-state index in [0.29, 0.717) is 0 Å². The molecule has 1 aliphatic heterocycles. The van der Waals surface area contributed by atoms with Gasteiger partial charge in [-0.2, -0.15) is 0 Å². The highest BCUT2D eigenvalue weighted by atomic mass is 16.5. The number of rotatable bonds is 7. The molecule has 0 spiro atoms. The number of carboxylic acid groups (broad SMARTS) is 1. The van der Waals surface area contributed by atoms with E-state index in [1.165, 1.54) is 25.9 Å². The molecule has 0 atom stereocenters. The third kappa shape index (κ3) is 3.92. The van der Waals surface area contributed by atoms with E-state index in [9.17, 15) is 9.90 Å². The molecule has 1 aromatic rings. The topological polar surface area (TPSA) is 49.8 Å². The monoisotopic (exact) mass is 331 g/mol. The van der Waals surface area contributed by atoms with Crippen molar-refractivity contribution in [3.05, 3.63) is 29.8 Å². The van der Waals surface area contributed by atoms with Gasteiger partial charge in [0.15, 0.2) is 0 Å². The minimum atomic E-state index is -0.688. The SMILES string of the molecule is O=C(O)C1(c2ccc(OCCCN3CCCC3)cc2)CCCCC1. The van der Waals surface area contributed by atoms with Gasteiger partial charge in [-0.25, -0.2) is 0 Å². The van der Waals surface area contributed by atoms with Gasteiger partial charge in [-0.3, -0.25) is 4.79 Å². The number of aliphatic carboxylic acids is 1. The lowest BCUT2D eigenvalue weighted by Gasteiger charge is -2.33. The molecule has 1 aliphatic carbocycles. The maximum absolute atomic E-state index is 11.9. The molecule has 24 heavy (non-hydrogen) atoms. The molecule has 1 heterocycles. The lowest BCUT2D eigenvalue weighted by molar-refractivity contribution is -0.145. The van der Waals surface area contributed by atoms with E-state index in [1.807, 2.05) is 24.3 Å². The minimum absolute atomic E-state index is 0.679. The summed E-state index contributed by atoms with van der Waals surface area (Å²) in [5.41, 5.74) is 0.242. The lowest BCUT2D eigenvalue weighted by atomic mass is 9.69. The molecule has 1 saturated heterocycles. The Labute approximate surface area is 144 Å². The molecule has 0 amide bonds. The normalized spacial score (nSPS) is 20.8. The Morgan fingerprint density at radius 1 is 1.04 bits per heavy atom. The molecule has 1 saturated carbocycles. The van der Waals surface area contributed by atoms with Crippen LogP contribution in [0.1, 0.15) is 56.9 Å². The molecule has 1 N–H and O–H groups in total. The Morgan fingerprint density at radius 2 is 1.71 bits per heavy atom. The zero-order chi connectivity index (χ0) is 16.8. The van der Waals surface area contributed by atoms with Gasteiger partial charge in [0.1, 0.15) is 5.75 Å². The summed E-state index contributed by atoms with van der Waals surface area (Å²) in [6.45, 7) is 4.29. The highest BCUT2D eigenvalue weighted by Gasteiger charge is 2.41. The Kier molecular flexibility index (Phi) is 5.77. The second-order valence-corrected chi connectivity index (χ2v) is 7.22. The number of ether oxygens (including phenoxy) is 1. The van der Waals surface area contributed by atoms with Crippen LogP contribution in [0.2, 0.25) is 0 Å². The molecule has 0 unspecified atom stereocenters. The summed E-state index contributed by atoms with van der Waals surface area (Å²) in [6.07, 6.45) is 8.34. The maximum Gasteiger partial charge on any atom is 0.314 e. The van der Waals surface area contributed by atoms with Crippen LogP contribution >= 0.6 is 0 Å². The molecule has 132 valence electrons. The zero-order valence-electron chi connectivity index (χ0n) is 14.5. The molecule has 2 aliphatic rings. The average Bonchev–Trinajstić information content (AvgIpc) is 3.13. The number of carbonyl (C=O) groups is 1. The number of hydrogen-bond donors (Lipinski definition) is 1. The number of benzene rings is 1. The van der Waals surface area contributed by atoms with Gasteiger partial charge in [0.05, 0.1) is 12.0 Å². The second-order valence-electron chi connectivity index (χ2n) is 7.22. The van der Waals surface area contributed by atoms with Crippen LogP contribution in [0, 0.1) is 0 Å². The van der Waals surface area contributed by atoms with Crippen molar-refractivity contribution in [1.82, 2.24) is 4.90 Å². The van der Waals surface area contributed by atoms with E-state index < -0.39 is 11.4 Å². The molecule has 0 radical (unpaired) electrons. The minimum Gasteiger partial charge on any atom is -0.494 e. The quantitative estimate of drug-likeness (QED) is 0.771. The molecular formula is C20H29NO3. The third-order valence-corrected chi connectivity index (χ3v) is 5.61. The molecule has 4 nitrogen and oxygen atoms in total. The van der Waals surface area contributed by atoms with Crippen LogP contribution in [-0.4, -0.2) is 42.2 Å². The predicted octanol–water partition coefficient (Wildman–Crippen LogP) is 3.84. The van der Waals surface area contributed by atoms with Crippen LogP contribution in [0.3, 0.4) is 0 Å². The fourth-order valence-corrected chi connectivity index (χ4v) is 4.14. The van der Waals surface area contributed by atoms with Gasteiger partial charge >= 0.3 is 5.97 Å². The van der Waals surface area contributed by atoms with E-state index in [4.69, 9.17) is 4.74 Å². The molecule has 4 heteroatoms. The van der Waals surface area contributed by atoms with Crippen molar-refractivity contribution in [1.29, 1.82) is 0 Å². The molecule has 3 rings (SSSR count). The van der Waals surface area contributed by atoms with Crippen LogP contribution in [-0.2, 0) is 10.2 Å². The molecule has 0 aromatic heterocycles. The molecular weight excluding hydrogens is 302 g/mol. The summed E-state index contributed by atoms with van der Waals surface area (Å²) in [5.74, 6) is 0.165.